The van der Waals surface area contributed by atoms with Gasteiger partial charge < -0.3 is 15.8 Å². The molecule has 1 atom stereocenters. The number of ether oxygens (including phenoxy) is 1. The molecular formula is C12H18N6O2. The Labute approximate surface area is 116 Å². The highest BCUT2D eigenvalue weighted by Crippen LogP contribution is 2.26. The first kappa shape index (κ1) is 14.0. The van der Waals surface area contributed by atoms with Crippen molar-refractivity contribution in [3.8, 4) is 5.88 Å². The first-order valence-electron chi connectivity index (χ1n) is 6.28. The van der Waals surface area contributed by atoms with Crippen molar-refractivity contribution in [3.05, 3.63) is 6.33 Å². The van der Waals surface area contributed by atoms with Crippen molar-refractivity contribution in [3.63, 3.8) is 0 Å². The highest BCUT2D eigenvalue weighted by atomic mass is 16.5. The van der Waals surface area contributed by atoms with Crippen molar-refractivity contribution < 1.29 is 9.53 Å². The number of aromatic nitrogens is 4. The number of methoxy groups -OCH3 is 1. The Hall–Kier alpha value is -2.38. The Balaban J connectivity index is 2.49. The maximum absolute atomic E-state index is 12.1. The van der Waals surface area contributed by atoms with E-state index in [0.717, 1.165) is 0 Å². The van der Waals surface area contributed by atoms with Crippen LogP contribution in [0.25, 0.3) is 11.2 Å². The lowest BCUT2D eigenvalue weighted by Gasteiger charge is -2.17. The number of anilines is 1. The van der Waals surface area contributed by atoms with E-state index in [4.69, 9.17) is 10.5 Å². The Bertz CT molecular complexity index is 636. The average Bonchev–Trinajstić information content (AvgIpc) is 2.72. The molecule has 0 bridgehead atoms. The number of rotatable bonds is 4. The van der Waals surface area contributed by atoms with Gasteiger partial charge in [-0.25, -0.2) is 9.97 Å². The molecule has 1 unspecified atom stereocenters. The predicted octanol–water partition coefficient (Wildman–Crippen LogP) is 0.503. The summed E-state index contributed by atoms with van der Waals surface area (Å²) in [6.45, 7) is 5.53. The average molecular weight is 278 g/mol. The molecule has 0 aliphatic rings. The highest BCUT2D eigenvalue weighted by Gasteiger charge is 2.23. The minimum Gasteiger partial charge on any atom is -0.479 e. The second-order valence-corrected chi connectivity index (χ2v) is 4.73. The lowest BCUT2D eigenvalue weighted by molar-refractivity contribution is -0.124. The monoisotopic (exact) mass is 278 g/mol. The zero-order chi connectivity index (χ0) is 14.9. The van der Waals surface area contributed by atoms with Crippen molar-refractivity contribution in [1.82, 2.24) is 24.8 Å². The number of nitrogens with two attached hydrogens (primary N) is 1. The Morgan fingerprint density at radius 3 is 2.70 bits per heavy atom. The summed E-state index contributed by atoms with van der Waals surface area (Å²) in [5.41, 5.74) is 6.81. The van der Waals surface area contributed by atoms with E-state index >= 15 is 0 Å². The fraction of sp³-hybridized carbons (Fsp3) is 0.500. The maximum Gasteiger partial charge on any atom is 0.245 e. The van der Waals surface area contributed by atoms with Gasteiger partial charge in [-0.1, -0.05) is 0 Å². The molecule has 1 amide bonds. The summed E-state index contributed by atoms with van der Waals surface area (Å²) in [6, 6.07) is -0.480. The molecule has 0 saturated carbocycles. The zero-order valence-corrected chi connectivity index (χ0v) is 11.9. The molecule has 2 rings (SSSR count). The number of carbonyl (C=O) groups excluding carboxylic acids is 1. The largest absolute Gasteiger partial charge is 0.479 e. The number of hydrogen-bond donors (Lipinski definition) is 2. The molecule has 0 aliphatic carbocycles. The number of imidazole rings is 1. The number of fused-ring (bicyclic) bond motifs is 1. The second-order valence-electron chi connectivity index (χ2n) is 4.73. The fourth-order valence-electron chi connectivity index (χ4n) is 1.96. The summed E-state index contributed by atoms with van der Waals surface area (Å²) < 4.78 is 6.68. The molecule has 2 heterocycles. The molecule has 2 aromatic heterocycles. The van der Waals surface area contributed by atoms with Gasteiger partial charge in [-0.05, 0) is 20.8 Å². The van der Waals surface area contributed by atoms with Crippen molar-refractivity contribution >= 4 is 23.0 Å². The molecule has 20 heavy (non-hydrogen) atoms. The van der Waals surface area contributed by atoms with E-state index in [0.29, 0.717) is 17.0 Å². The number of nitrogen functional groups attached to an aromatic ring is 1. The zero-order valence-electron chi connectivity index (χ0n) is 11.9. The van der Waals surface area contributed by atoms with Crippen molar-refractivity contribution in [1.29, 1.82) is 0 Å². The molecule has 108 valence electrons. The van der Waals surface area contributed by atoms with Crippen LogP contribution in [0.15, 0.2) is 6.33 Å². The van der Waals surface area contributed by atoms with E-state index in [1.165, 1.54) is 13.4 Å². The van der Waals surface area contributed by atoms with Gasteiger partial charge in [0.15, 0.2) is 11.2 Å². The quantitative estimate of drug-likeness (QED) is 0.843. The van der Waals surface area contributed by atoms with Crippen LogP contribution < -0.4 is 15.8 Å². The van der Waals surface area contributed by atoms with E-state index in [9.17, 15) is 4.79 Å². The third-order valence-electron chi connectivity index (χ3n) is 2.86. The Morgan fingerprint density at radius 1 is 1.40 bits per heavy atom. The summed E-state index contributed by atoms with van der Waals surface area (Å²) in [4.78, 5) is 24.4. The lowest BCUT2D eigenvalue weighted by Crippen LogP contribution is -2.36. The SMILES string of the molecule is COc1ncnc2c1nc(N)n2C(C)C(=O)NC(C)C. The van der Waals surface area contributed by atoms with Crippen molar-refractivity contribution in [2.24, 2.45) is 0 Å². The molecule has 8 nitrogen and oxygen atoms in total. The summed E-state index contributed by atoms with van der Waals surface area (Å²) in [5.74, 6) is 0.380. The number of hydrogen-bond acceptors (Lipinski definition) is 6. The van der Waals surface area contributed by atoms with Crippen LogP contribution >= 0.6 is 0 Å². The molecule has 0 aliphatic heterocycles. The van der Waals surface area contributed by atoms with Gasteiger partial charge in [-0.3, -0.25) is 9.36 Å². The standard InChI is InChI=1S/C12H18N6O2/c1-6(2)16-10(19)7(3)18-9-8(17-12(18)13)11(20-4)15-5-14-9/h5-7H,1-4H3,(H2,13,17)(H,16,19). The van der Waals surface area contributed by atoms with E-state index in [1.54, 1.807) is 11.5 Å². The van der Waals surface area contributed by atoms with Crippen LogP contribution in [-0.2, 0) is 4.79 Å². The van der Waals surface area contributed by atoms with Crippen LogP contribution in [0.4, 0.5) is 5.95 Å². The molecule has 3 N–H and O–H groups in total. The van der Waals surface area contributed by atoms with Gasteiger partial charge in [-0.2, -0.15) is 4.98 Å². The van der Waals surface area contributed by atoms with Gasteiger partial charge in [0.2, 0.25) is 17.7 Å². The highest BCUT2D eigenvalue weighted by molar-refractivity contribution is 5.85. The third-order valence-corrected chi connectivity index (χ3v) is 2.86. The van der Waals surface area contributed by atoms with Gasteiger partial charge in [-0.15, -0.1) is 0 Å². The minimum atomic E-state index is -0.526. The molecule has 0 saturated heterocycles. The molecule has 8 heteroatoms. The minimum absolute atomic E-state index is 0.0464. The maximum atomic E-state index is 12.1. The van der Waals surface area contributed by atoms with Crippen LogP contribution in [0.5, 0.6) is 5.88 Å². The fourth-order valence-corrected chi connectivity index (χ4v) is 1.96. The van der Waals surface area contributed by atoms with Gasteiger partial charge in [0.25, 0.3) is 0 Å². The summed E-state index contributed by atoms with van der Waals surface area (Å²) in [6.07, 6.45) is 1.35. The third kappa shape index (κ3) is 2.36. The van der Waals surface area contributed by atoms with Crippen LogP contribution in [-0.4, -0.2) is 38.6 Å². The van der Waals surface area contributed by atoms with Gasteiger partial charge in [0, 0.05) is 6.04 Å². The number of amides is 1. The molecule has 0 radical (unpaired) electrons. The molecular weight excluding hydrogens is 260 g/mol. The smallest absolute Gasteiger partial charge is 0.245 e. The summed E-state index contributed by atoms with van der Waals surface area (Å²) in [5, 5.41) is 2.83. The summed E-state index contributed by atoms with van der Waals surface area (Å²) in [7, 11) is 1.49. The normalized spacial score (nSPS) is 12.7. The van der Waals surface area contributed by atoms with Gasteiger partial charge in [0.05, 0.1) is 7.11 Å². The molecule has 0 fully saturated rings. The second kappa shape index (κ2) is 5.32. The van der Waals surface area contributed by atoms with Crippen LogP contribution in [0, 0.1) is 0 Å². The van der Waals surface area contributed by atoms with Crippen molar-refractivity contribution in [2.45, 2.75) is 32.9 Å². The van der Waals surface area contributed by atoms with Crippen LogP contribution in [0.2, 0.25) is 0 Å². The first-order chi connectivity index (χ1) is 9.45. The molecule has 2 aromatic rings. The van der Waals surface area contributed by atoms with Crippen molar-refractivity contribution in [2.75, 3.05) is 12.8 Å². The Kier molecular flexibility index (Phi) is 3.73. The predicted molar refractivity (Wildman–Crippen MR) is 74.3 cm³/mol. The van der Waals surface area contributed by atoms with E-state index in [-0.39, 0.29) is 17.9 Å². The Morgan fingerprint density at radius 2 is 2.10 bits per heavy atom. The van der Waals surface area contributed by atoms with Crippen LogP contribution in [0.1, 0.15) is 26.8 Å². The van der Waals surface area contributed by atoms with Gasteiger partial charge in [0.1, 0.15) is 12.4 Å². The lowest BCUT2D eigenvalue weighted by atomic mass is 10.2. The molecule has 0 aromatic carbocycles. The topological polar surface area (TPSA) is 108 Å². The van der Waals surface area contributed by atoms with Gasteiger partial charge >= 0.3 is 0 Å². The summed E-state index contributed by atoms with van der Waals surface area (Å²) >= 11 is 0. The van der Waals surface area contributed by atoms with E-state index in [2.05, 4.69) is 20.3 Å². The first-order valence-corrected chi connectivity index (χ1v) is 6.28. The number of carbonyl (C=O) groups is 1. The van der Waals surface area contributed by atoms with E-state index < -0.39 is 6.04 Å². The number of nitrogens with one attached hydrogen (secondary N) is 1. The van der Waals surface area contributed by atoms with Crippen LogP contribution in [0.3, 0.4) is 0 Å². The van der Waals surface area contributed by atoms with E-state index in [1.807, 2.05) is 13.8 Å². The molecule has 0 spiro atoms. The number of nitrogens with zero attached hydrogens (tertiary/aromatic N) is 4.